The van der Waals surface area contributed by atoms with Crippen LogP contribution in [-0.4, -0.2) is 23.7 Å². The third-order valence-corrected chi connectivity index (χ3v) is 4.20. The second kappa shape index (κ2) is 6.57. The van der Waals surface area contributed by atoms with Crippen LogP contribution >= 0.6 is 22.6 Å². The fourth-order valence-electron chi connectivity index (χ4n) is 2.39. The zero-order valence-corrected chi connectivity index (χ0v) is 14.9. The molecule has 0 unspecified atom stereocenters. The molecule has 0 bridgehead atoms. The van der Waals surface area contributed by atoms with Crippen LogP contribution in [0.2, 0.25) is 0 Å². The SMILES string of the molecule is CCOc1cc(-c2nc3ccccc3c(=O)[nH]2)cc(I)c1OC. The molecule has 23 heavy (non-hydrogen) atoms. The molecule has 3 aromatic rings. The number of hydrogen-bond acceptors (Lipinski definition) is 4. The number of benzene rings is 2. The molecule has 0 spiro atoms. The number of para-hydroxylation sites is 1. The van der Waals surface area contributed by atoms with Crippen molar-refractivity contribution in [3.63, 3.8) is 0 Å². The maximum Gasteiger partial charge on any atom is 0.259 e. The molecule has 118 valence electrons. The highest BCUT2D eigenvalue weighted by atomic mass is 127. The number of fused-ring (bicyclic) bond motifs is 1. The summed E-state index contributed by atoms with van der Waals surface area (Å²) in [5, 5.41) is 0.574. The molecule has 0 amide bonds. The van der Waals surface area contributed by atoms with Crippen LogP contribution in [-0.2, 0) is 0 Å². The van der Waals surface area contributed by atoms with Gasteiger partial charge in [0.2, 0.25) is 0 Å². The highest BCUT2D eigenvalue weighted by Gasteiger charge is 2.14. The zero-order chi connectivity index (χ0) is 16.4. The molecule has 0 aliphatic carbocycles. The van der Waals surface area contributed by atoms with E-state index < -0.39 is 0 Å². The first-order valence-corrected chi connectivity index (χ1v) is 8.21. The first kappa shape index (κ1) is 15.8. The van der Waals surface area contributed by atoms with Gasteiger partial charge in [0.05, 0.1) is 28.2 Å². The van der Waals surface area contributed by atoms with E-state index in [0.717, 1.165) is 9.13 Å². The summed E-state index contributed by atoms with van der Waals surface area (Å²) < 4.78 is 11.9. The third-order valence-electron chi connectivity index (χ3n) is 3.40. The fourth-order valence-corrected chi connectivity index (χ4v) is 3.21. The lowest BCUT2D eigenvalue weighted by atomic mass is 10.1. The average Bonchev–Trinajstić information content (AvgIpc) is 2.55. The van der Waals surface area contributed by atoms with Crippen molar-refractivity contribution in [3.05, 3.63) is 50.3 Å². The van der Waals surface area contributed by atoms with Crippen LogP contribution in [0.25, 0.3) is 22.3 Å². The molecule has 1 heterocycles. The summed E-state index contributed by atoms with van der Waals surface area (Å²) in [6, 6.07) is 11.0. The standard InChI is InChI=1S/C17H15IN2O3/c1-3-23-14-9-10(8-12(18)15(14)22-2)16-19-13-7-5-4-6-11(13)17(21)20-16/h4-9H,3H2,1-2H3,(H,19,20,21). The van der Waals surface area contributed by atoms with Crippen LogP contribution in [0.1, 0.15) is 6.92 Å². The molecule has 0 atom stereocenters. The van der Waals surface area contributed by atoms with Gasteiger partial charge in [-0.2, -0.15) is 0 Å². The van der Waals surface area contributed by atoms with Crippen LogP contribution < -0.4 is 15.0 Å². The van der Waals surface area contributed by atoms with Crippen LogP contribution in [0.5, 0.6) is 11.5 Å². The lowest BCUT2D eigenvalue weighted by Gasteiger charge is -2.13. The Kier molecular flexibility index (Phi) is 4.51. The predicted molar refractivity (Wildman–Crippen MR) is 98.2 cm³/mol. The minimum Gasteiger partial charge on any atom is -0.492 e. The van der Waals surface area contributed by atoms with Gasteiger partial charge in [-0.05, 0) is 53.8 Å². The van der Waals surface area contributed by atoms with Gasteiger partial charge in [0.15, 0.2) is 11.5 Å². The summed E-state index contributed by atoms with van der Waals surface area (Å²) in [5.74, 6) is 1.82. The summed E-state index contributed by atoms with van der Waals surface area (Å²) in [7, 11) is 1.61. The normalized spacial score (nSPS) is 10.7. The molecule has 0 radical (unpaired) electrons. The van der Waals surface area contributed by atoms with Gasteiger partial charge in [0.25, 0.3) is 5.56 Å². The molecule has 0 fully saturated rings. The molecule has 0 aliphatic rings. The van der Waals surface area contributed by atoms with Crippen molar-refractivity contribution in [1.82, 2.24) is 9.97 Å². The number of methoxy groups -OCH3 is 1. The van der Waals surface area contributed by atoms with E-state index in [1.165, 1.54) is 0 Å². The van der Waals surface area contributed by atoms with Crippen molar-refractivity contribution in [1.29, 1.82) is 0 Å². The van der Waals surface area contributed by atoms with Crippen molar-refractivity contribution in [2.24, 2.45) is 0 Å². The molecular weight excluding hydrogens is 407 g/mol. The van der Waals surface area contributed by atoms with Crippen molar-refractivity contribution in [2.75, 3.05) is 13.7 Å². The number of aromatic amines is 1. The molecule has 2 aromatic carbocycles. The topological polar surface area (TPSA) is 64.2 Å². The summed E-state index contributed by atoms with van der Waals surface area (Å²) in [4.78, 5) is 19.6. The van der Waals surface area contributed by atoms with Gasteiger partial charge in [-0.15, -0.1) is 0 Å². The monoisotopic (exact) mass is 422 g/mol. The number of halogens is 1. The minimum atomic E-state index is -0.158. The van der Waals surface area contributed by atoms with Gasteiger partial charge >= 0.3 is 0 Å². The van der Waals surface area contributed by atoms with Crippen molar-refractivity contribution >= 4 is 33.5 Å². The van der Waals surface area contributed by atoms with E-state index in [-0.39, 0.29) is 5.56 Å². The molecule has 1 N–H and O–H groups in total. The largest absolute Gasteiger partial charge is 0.492 e. The van der Waals surface area contributed by atoms with E-state index in [9.17, 15) is 4.79 Å². The molecule has 1 aromatic heterocycles. The molecule has 5 nitrogen and oxygen atoms in total. The summed E-state index contributed by atoms with van der Waals surface area (Å²) in [5.41, 5.74) is 1.28. The second-order valence-electron chi connectivity index (χ2n) is 4.85. The van der Waals surface area contributed by atoms with Crippen LogP contribution in [0.4, 0.5) is 0 Å². The lowest BCUT2D eigenvalue weighted by Crippen LogP contribution is -2.09. The molecule has 0 saturated heterocycles. The Bertz CT molecular complexity index is 921. The smallest absolute Gasteiger partial charge is 0.259 e. The Balaban J connectivity index is 2.20. The number of hydrogen-bond donors (Lipinski definition) is 1. The van der Waals surface area contributed by atoms with Crippen molar-refractivity contribution in [3.8, 4) is 22.9 Å². The van der Waals surface area contributed by atoms with E-state index in [1.54, 1.807) is 13.2 Å². The third kappa shape index (κ3) is 3.03. The van der Waals surface area contributed by atoms with Crippen molar-refractivity contribution < 1.29 is 9.47 Å². The van der Waals surface area contributed by atoms with Gasteiger partial charge in [-0.1, -0.05) is 12.1 Å². The van der Waals surface area contributed by atoms with E-state index in [2.05, 4.69) is 32.6 Å². The van der Waals surface area contributed by atoms with Gasteiger partial charge < -0.3 is 14.5 Å². The highest BCUT2D eigenvalue weighted by Crippen LogP contribution is 2.36. The summed E-state index contributed by atoms with van der Waals surface area (Å²) >= 11 is 2.18. The van der Waals surface area contributed by atoms with Gasteiger partial charge in [0, 0.05) is 5.56 Å². The number of H-pyrrole nitrogens is 1. The quantitative estimate of drug-likeness (QED) is 0.653. The Morgan fingerprint density at radius 3 is 2.78 bits per heavy atom. The molecule has 3 rings (SSSR count). The number of nitrogens with one attached hydrogen (secondary N) is 1. The molecule has 6 heteroatoms. The molecular formula is C17H15IN2O3. The predicted octanol–water partition coefficient (Wildman–Crippen LogP) is 3.60. The number of aromatic nitrogens is 2. The van der Waals surface area contributed by atoms with Gasteiger partial charge in [0.1, 0.15) is 5.82 Å². The van der Waals surface area contributed by atoms with E-state index in [4.69, 9.17) is 9.47 Å². The fraction of sp³-hybridized carbons (Fsp3) is 0.176. The van der Waals surface area contributed by atoms with E-state index in [0.29, 0.717) is 34.8 Å². The van der Waals surface area contributed by atoms with Crippen LogP contribution in [0.15, 0.2) is 41.2 Å². The Morgan fingerprint density at radius 2 is 2.04 bits per heavy atom. The maximum absolute atomic E-state index is 12.2. The van der Waals surface area contributed by atoms with Crippen molar-refractivity contribution in [2.45, 2.75) is 6.92 Å². The summed E-state index contributed by atoms with van der Waals surface area (Å²) in [6.07, 6.45) is 0. The average molecular weight is 422 g/mol. The highest BCUT2D eigenvalue weighted by molar-refractivity contribution is 14.1. The second-order valence-corrected chi connectivity index (χ2v) is 6.02. The zero-order valence-electron chi connectivity index (χ0n) is 12.7. The maximum atomic E-state index is 12.2. The Morgan fingerprint density at radius 1 is 1.26 bits per heavy atom. The molecule has 0 aliphatic heterocycles. The minimum absolute atomic E-state index is 0.158. The number of nitrogens with zero attached hydrogens (tertiary/aromatic N) is 1. The van der Waals surface area contributed by atoms with E-state index >= 15 is 0 Å². The Hall–Kier alpha value is -2.09. The van der Waals surface area contributed by atoms with Gasteiger partial charge in [-0.25, -0.2) is 4.98 Å². The lowest BCUT2D eigenvalue weighted by molar-refractivity contribution is 0.310. The van der Waals surface area contributed by atoms with E-state index in [1.807, 2.05) is 37.3 Å². The Labute approximate surface area is 146 Å². The first-order valence-electron chi connectivity index (χ1n) is 7.13. The summed E-state index contributed by atoms with van der Waals surface area (Å²) in [6.45, 7) is 2.44. The first-order chi connectivity index (χ1) is 11.1. The van der Waals surface area contributed by atoms with Crippen LogP contribution in [0.3, 0.4) is 0 Å². The molecule has 0 saturated carbocycles. The number of rotatable bonds is 4. The van der Waals surface area contributed by atoms with Gasteiger partial charge in [-0.3, -0.25) is 4.79 Å². The number of ether oxygens (including phenoxy) is 2. The van der Waals surface area contributed by atoms with Crippen LogP contribution in [0, 0.1) is 3.57 Å².